The first-order valence-corrected chi connectivity index (χ1v) is 6.58. The van der Waals surface area contributed by atoms with E-state index in [2.05, 4.69) is 4.74 Å². The number of aliphatic hydroxyl groups is 1. The fourth-order valence-electron chi connectivity index (χ4n) is 1.98. The molecule has 0 spiro atoms. The number of methoxy groups -OCH3 is 1. The molecule has 2 aromatic carbocycles. The molecule has 3 nitrogen and oxygen atoms in total. The molecular weight excluding hydrogens is 316 g/mol. The Morgan fingerprint density at radius 2 is 1.70 bits per heavy atom. The smallest absolute Gasteiger partial charge is 0.416 e. The maximum atomic E-state index is 13.1. The average Bonchev–Trinajstić information content (AvgIpc) is 2.48. The zero-order chi connectivity index (χ0) is 17.2. The molecule has 0 bridgehead atoms. The lowest BCUT2D eigenvalue weighted by molar-refractivity contribution is -0.138. The van der Waals surface area contributed by atoms with Gasteiger partial charge in [-0.25, -0.2) is 4.39 Å². The second-order valence-corrected chi connectivity index (χ2v) is 4.85. The molecule has 0 aliphatic carbocycles. The minimum Gasteiger partial charge on any atom is -0.457 e. The van der Waals surface area contributed by atoms with Crippen LogP contribution in [0, 0.1) is 12.7 Å². The van der Waals surface area contributed by atoms with E-state index < -0.39 is 23.8 Å². The van der Waals surface area contributed by atoms with Crippen molar-refractivity contribution in [2.75, 3.05) is 7.11 Å². The van der Waals surface area contributed by atoms with E-state index in [4.69, 9.17) is 4.74 Å². The van der Waals surface area contributed by atoms with Gasteiger partial charge in [-0.05, 0) is 48.9 Å². The van der Waals surface area contributed by atoms with Crippen LogP contribution in [0.3, 0.4) is 0 Å². The Balaban J connectivity index is 2.44. The summed E-state index contributed by atoms with van der Waals surface area (Å²) < 4.78 is 61.7. The highest BCUT2D eigenvalue weighted by Gasteiger charge is 2.32. The quantitative estimate of drug-likeness (QED) is 0.659. The van der Waals surface area contributed by atoms with Crippen molar-refractivity contribution < 1.29 is 32.1 Å². The van der Waals surface area contributed by atoms with Crippen molar-refractivity contribution in [3.8, 4) is 11.5 Å². The molecular formula is C16H14F4O3. The molecule has 0 amide bonds. The largest absolute Gasteiger partial charge is 0.457 e. The number of ether oxygens (including phenoxy) is 2. The lowest BCUT2D eigenvalue weighted by Crippen LogP contribution is -2.09. The van der Waals surface area contributed by atoms with Crippen molar-refractivity contribution in [1.29, 1.82) is 0 Å². The van der Waals surface area contributed by atoms with Crippen LogP contribution in [-0.4, -0.2) is 12.2 Å². The monoisotopic (exact) mass is 330 g/mol. The summed E-state index contributed by atoms with van der Waals surface area (Å²) in [7, 11) is 1.15. The Morgan fingerprint density at radius 3 is 2.26 bits per heavy atom. The Labute approximate surface area is 130 Å². The molecule has 23 heavy (non-hydrogen) atoms. The predicted molar refractivity (Wildman–Crippen MR) is 74.6 cm³/mol. The van der Waals surface area contributed by atoms with Crippen molar-refractivity contribution in [3.05, 3.63) is 58.9 Å². The summed E-state index contributed by atoms with van der Waals surface area (Å²) in [5.41, 5.74) is -0.652. The van der Waals surface area contributed by atoms with Crippen LogP contribution < -0.4 is 4.74 Å². The molecule has 0 aliphatic heterocycles. The van der Waals surface area contributed by atoms with E-state index in [1.54, 1.807) is 6.92 Å². The van der Waals surface area contributed by atoms with E-state index in [1.165, 1.54) is 18.2 Å². The first-order valence-electron chi connectivity index (χ1n) is 6.58. The number of aliphatic hydroxyl groups excluding tert-OH is 1. The summed E-state index contributed by atoms with van der Waals surface area (Å²) >= 11 is 0. The fraction of sp³-hybridized carbons (Fsp3) is 0.250. The molecule has 0 aromatic heterocycles. The van der Waals surface area contributed by atoms with Gasteiger partial charge >= 0.3 is 6.18 Å². The van der Waals surface area contributed by atoms with Crippen LogP contribution in [0.25, 0.3) is 0 Å². The molecule has 7 heteroatoms. The fourth-order valence-corrected chi connectivity index (χ4v) is 1.98. The van der Waals surface area contributed by atoms with Gasteiger partial charge in [0, 0.05) is 7.11 Å². The normalized spacial score (nSPS) is 13.0. The van der Waals surface area contributed by atoms with Gasteiger partial charge in [-0.1, -0.05) is 0 Å². The zero-order valence-electron chi connectivity index (χ0n) is 12.3. The minimum absolute atomic E-state index is 0.0120. The molecule has 124 valence electrons. The SMILES string of the molecule is COC(O)c1cc(C(F)(F)F)ccc1Oc1ccc(F)cc1C. The molecule has 1 atom stereocenters. The molecule has 1 N–H and O–H groups in total. The summed E-state index contributed by atoms with van der Waals surface area (Å²) in [6.45, 7) is 1.59. The van der Waals surface area contributed by atoms with E-state index in [0.717, 1.165) is 25.3 Å². The topological polar surface area (TPSA) is 38.7 Å². The van der Waals surface area contributed by atoms with Gasteiger partial charge in [0.2, 0.25) is 0 Å². The molecule has 0 radical (unpaired) electrons. The van der Waals surface area contributed by atoms with Crippen molar-refractivity contribution in [1.82, 2.24) is 0 Å². The zero-order valence-corrected chi connectivity index (χ0v) is 12.3. The van der Waals surface area contributed by atoms with Crippen LogP contribution in [0.15, 0.2) is 36.4 Å². The van der Waals surface area contributed by atoms with Crippen LogP contribution in [-0.2, 0) is 10.9 Å². The second-order valence-electron chi connectivity index (χ2n) is 4.85. The van der Waals surface area contributed by atoms with Gasteiger partial charge in [0.15, 0.2) is 6.29 Å². The molecule has 2 rings (SSSR count). The van der Waals surface area contributed by atoms with E-state index >= 15 is 0 Å². The average molecular weight is 330 g/mol. The summed E-state index contributed by atoms with van der Waals surface area (Å²) in [6.07, 6.45) is -6.15. The van der Waals surface area contributed by atoms with E-state index in [-0.39, 0.29) is 17.1 Å². The van der Waals surface area contributed by atoms with Crippen LogP contribution in [0.4, 0.5) is 17.6 Å². The number of halogens is 4. The summed E-state index contributed by atoms with van der Waals surface area (Å²) in [5, 5.41) is 9.76. The van der Waals surface area contributed by atoms with Crippen LogP contribution in [0.5, 0.6) is 11.5 Å². The Kier molecular flexibility index (Phi) is 4.91. The number of benzene rings is 2. The highest BCUT2D eigenvalue weighted by Crippen LogP contribution is 2.37. The third-order valence-electron chi connectivity index (χ3n) is 3.18. The van der Waals surface area contributed by atoms with Gasteiger partial charge < -0.3 is 14.6 Å². The van der Waals surface area contributed by atoms with E-state index in [0.29, 0.717) is 5.56 Å². The molecule has 0 aliphatic rings. The van der Waals surface area contributed by atoms with Gasteiger partial charge in [0.1, 0.15) is 17.3 Å². The summed E-state index contributed by atoms with van der Waals surface area (Å²) in [6, 6.07) is 6.42. The molecule has 0 saturated carbocycles. The van der Waals surface area contributed by atoms with Gasteiger partial charge in [-0.3, -0.25) is 0 Å². The Morgan fingerprint density at radius 1 is 1.04 bits per heavy atom. The number of hydrogen-bond acceptors (Lipinski definition) is 3. The van der Waals surface area contributed by atoms with Crippen LogP contribution in [0.2, 0.25) is 0 Å². The number of rotatable bonds is 4. The molecule has 2 aromatic rings. The third-order valence-corrected chi connectivity index (χ3v) is 3.18. The van der Waals surface area contributed by atoms with Gasteiger partial charge in [0.25, 0.3) is 0 Å². The number of aryl methyl sites for hydroxylation is 1. The molecule has 0 fully saturated rings. The first-order chi connectivity index (χ1) is 10.7. The summed E-state index contributed by atoms with van der Waals surface area (Å²) in [5.74, 6) is -0.211. The molecule has 0 heterocycles. The van der Waals surface area contributed by atoms with E-state index in [1.807, 2.05) is 0 Å². The van der Waals surface area contributed by atoms with Crippen molar-refractivity contribution >= 4 is 0 Å². The van der Waals surface area contributed by atoms with Gasteiger partial charge in [-0.2, -0.15) is 13.2 Å². The van der Waals surface area contributed by atoms with Crippen LogP contribution in [0.1, 0.15) is 23.0 Å². The lowest BCUT2D eigenvalue weighted by Gasteiger charge is -2.18. The maximum Gasteiger partial charge on any atom is 0.416 e. The third kappa shape index (κ3) is 4.00. The van der Waals surface area contributed by atoms with E-state index in [9.17, 15) is 22.7 Å². The van der Waals surface area contributed by atoms with Crippen molar-refractivity contribution in [2.24, 2.45) is 0 Å². The first kappa shape index (κ1) is 17.2. The van der Waals surface area contributed by atoms with Crippen LogP contribution >= 0.6 is 0 Å². The number of hydrogen-bond donors (Lipinski definition) is 1. The minimum atomic E-state index is -4.56. The maximum absolute atomic E-state index is 13.1. The predicted octanol–water partition coefficient (Wildman–Crippen LogP) is 4.58. The highest BCUT2D eigenvalue weighted by molar-refractivity contribution is 5.44. The van der Waals surface area contributed by atoms with Gasteiger partial charge in [0.05, 0.1) is 11.1 Å². The standard InChI is InChI=1S/C16H14F4O3/c1-9-7-11(17)4-6-13(9)23-14-5-3-10(16(18,19)20)8-12(14)15(21)22-2/h3-8,15,21H,1-2H3. The summed E-state index contributed by atoms with van der Waals surface area (Å²) in [4.78, 5) is 0. The number of alkyl halides is 3. The van der Waals surface area contributed by atoms with Crippen molar-refractivity contribution in [3.63, 3.8) is 0 Å². The Hall–Kier alpha value is -2.12. The molecule has 1 unspecified atom stereocenters. The lowest BCUT2D eigenvalue weighted by atomic mass is 10.1. The second kappa shape index (κ2) is 6.55. The highest BCUT2D eigenvalue weighted by atomic mass is 19.4. The van der Waals surface area contributed by atoms with Gasteiger partial charge in [-0.15, -0.1) is 0 Å². The molecule has 0 saturated heterocycles. The van der Waals surface area contributed by atoms with Crippen molar-refractivity contribution in [2.45, 2.75) is 19.4 Å². The Bertz CT molecular complexity index is 698.